The van der Waals surface area contributed by atoms with Crippen LogP contribution in [0.15, 0.2) is 70.8 Å². The first-order chi connectivity index (χ1) is 13.3. The van der Waals surface area contributed by atoms with Crippen molar-refractivity contribution in [2.24, 2.45) is 4.40 Å². The van der Waals surface area contributed by atoms with Crippen LogP contribution in [0, 0.1) is 5.82 Å². The van der Waals surface area contributed by atoms with E-state index in [0.29, 0.717) is 6.42 Å². The van der Waals surface area contributed by atoms with Gasteiger partial charge in [0, 0.05) is 19.3 Å². The van der Waals surface area contributed by atoms with Gasteiger partial charge in [0.15, 0.2) is 0 Å². The topological polar surface area (TPSA) is 78.8 Å². The lowest BCUT2D eigenvalue weighted by atomic mass is 10.1. The molecule has 1 amide bonds. The molecular weight excluding hydrogens is 381 g/mol. The van der Waals surface area contributed by atoms with Gasteiger partial charge in [-0.25, -0.2) is 4.39 Å². The lowest BCUT2D eigenvalue weighted by Gasteiger charge is -2.23. The summed E-state index contributed by atoms with van der Waals surface area (Å²) in [5.41, 5.74) is 2.03. The summed E-state index contributed by atoms with van der Waals surface area (Å²) in [6, 6.07) is 15.2. The summed E-state index contributed by atoms with van der Waals surface area (Å²) < 4.78 is 42.4. The highest BCUT2D eigenvalue weighted by atomic mass is 32.2. The molecule has 0 saturated carbocycles. The van der Waals surface area contributed by atoms with Crippen molar-refractivity contribution >= 4 is 21.8 Å². The molecule has 1 aliphatic rings. The van der Waals surface area contributed by atoms with Crippen LogP contribution in [0.1, 0.15) is 18.1 Å². The number of halogens is 1. The van der Waals surface area contributed by atoms with Gasteiger partial charge in [-0.15, -0.1) is 4.40 Å². The molecule has 0 aliphatic carbocycles. The van der Waals surface area contributed by atoms with Crippen molar-refractivity contribution in [1.29, 1.82) is 0 Å². The van der Waals surface area contributed by atoms with Gasteiger partial charge in [-0.05, 0) is 36.6 Å². The third-order valence-corrected chi connectivity index (χ3v) is 5.67. The molecule has 0 aromatic heterocycles. The highest BCUT2D eigenvalue weighted by Gasteiger charge is 2.27. The van der Waals surface area contributed by atoms with Crippen LogP contribution in [0.2, 0.25) is 0 Å². The van der Waals surface area contributed by atoms with E-state index in [0.717, 1.165) is 15.4 Å². The Bertz CT molecular complexity index is 1020. The van der Waals surface area contributed by atoms with E-state index in [1.807, 2.05) is 30.3 Å². The summed E-state index contributed by atoms with van der Waals surface area (Å²) in [5.74, 6) is -0.794. The molecule has 1 aliphatic heterocycles. The van der Waals surface area contributed by atoms with Gasteiger partial charge in [0.25, 0.3) is 5.91 Å². The Morgan fingerprint density at radius 1 is 1.07 bits per heavy atom. The van der Waals surface area contributed by atoms with Crippen molar-refractivity contribution in [1.82, 2.24) is 9.62 Å². The zero-order chi connectivity index (χ0) is 20.1. The van der Waals surface area contributed by atoms with E-state index in [1.165, 1.54) is 25.3 Å². The van der Waals surface area contributed by atoms with Crippen LogP contribution < -0.4 is 5.32 Å². The zero-order valence-corrected chi connectivity index (χ0v) is 16.1. The monoisotopic (exact) mass is 401 g/mol. The second kappa shape index (κ2) is 8.35. The lowest BCUT2D eigenvalue weighted by Crippen LogP contribution is -2.36. The van der Waals surface area contributed by atoms with E-state index in [9.17, 15) is 17.6 Å². The average Bonchev–Trinajstić information content (AvgIpc) is 2.67. The van der Waals surface area contributed by atoms with Crippen LogP contribution in [-0.4, -0.2) is 30.9 Å². The van der Waals surface area contributed by atoms with E-state index in [4.69, 9.17) is 0 Å². The largest absolute Gasteiger partial charge is 0.348 e. The van der Waals surface area contributed by atoms with Gasteiger partial charge < -0.3 is 5.32 Å². The second-order valence-electron chi connectivity index (χ2n) is 6.35. The number of nitrogens with zero attached hydrogens (tertiary/aromatic N) is 2. The van der Waals surface area contributed by atoms with E-state index in [2.05, 4.69) is 9.71 Å². The van der Waals surface area contributed by atoms with Crippen molar-refractivity contribution in [3.05, 3.63) is 83.3 Å². The highest BCUT2D eigenvalue weighted by molar-refractivity contribution is 7.88. The molecule has 6 nitrogen and oxygen atoms in total. The molecule has 0 fully saturated rings. The minimum Gasteiger partial charge on any atom is -0.348 e. The smallest absolute Gasteiger partial charge is 0.344 e. The number of nitrogens with one attached hydrogen (secondary N) is 1. The molecule has 1 N–H and O–H groups in total. The van der Waals surface area contributed by atoms with Crippen molar-refractivity contribution in [3.8, 4) is 0 Å². The maximum atomic E-state index is 13.0. The normalized spacial score (nSPS) is 15.6. The fraction of sp³-hybridized carbons (Fsp3) is 0.200. The Hall–Kier alpha value is -3.00. The summed E-state index contributed by atoms with van der Waals surface area (Å²) in [4.78, 5) is 12.5. The number of rotatable bonds is 6. The van der Waals surface area contributed by atoms with Crippen LogP contribution in [0.25, 0.3) is 0 Å². The summed E-state index contributed by atoms with van der Waals surface area (Å²) in [6.45, 7) is 1.85. The molecule has 0 bridgehead atoms. The molecule has 1 heterocycles. The van der Waals surface area contributed by atoms with E-state index < -0.39 is 16.1 Å². The summed E-state index contributed by atoms with van der Waals surface area (Å²) >= 11 is 0. The van der Waals surface area contributed by atoms with Gasteiger partial charge in [0.1, 0.15) is 5.82 Å². The summed E-state index contributed by atoms with van der Waals surface area (Å²) in [6.07, 6.45) is 1.82. The lowest BCUT2D eigenvalue weighted by molar-refractivity contribution is -0.117. The zero-order valence-electron chi connectivity index (χ0n) is 15.3. The van der Waals surface area contributed by atoms with E-state index in [-0.39, 0.29) is 30.2 Å². The Morgan fingerprint density at radius 2 is 1.75 bits per heavy atom. The molecule has 3 rings (SSSR count). The Balaban J connectivity index is 1.70. The quantitative estimate of drug-likeness (QED) is 0.808. The SMILES string of the molecule is CC1=NS(=O)(=O)N(CCc2ccccc2)C=C1C(=O)NCc1ccc(F)cc1. The van der Waals surface area contributed by atoms with Crippen LogP contribution in [0.3, 0.4) is 0 Å². The molecule has 8 heteroatoms. The molecule has 0 saturated heterocycles. The van der Waals surface area contributed by atoms with Crippen molar-refractivity contribution in [3.63, 3.8) is 0 Å². The highest BCUT2D eigenvalue weighted by Crippen LogP contribution is 2.17. The molecule has 0 radical (unpaired) electrons. The third kappa shape index (κ3) is 4.83. The molecule has 0 unspecified atom stereocenters. The second-order valence-corrected chi connectivity index (χ2v) is 7.90. The van der Waals surface area contributed by atoms with Crippen LogP contribution in [-0.2, 0) is 28.0 Å². The minimum atomic E-state index is -3.86. The number of carbonyl (C=O) groups excluding carboxylic acids is 1. The Morgan fingerprint density at radius 3 is 2.43 bits per heavy atom. The number of hydrogen-bond donors (Lipinski definition) is 1. The van der Waals surface area contributed by atoms with Gasteiger partial charge in [-0.2, -0.15) is 8.42 Å². The average molecular weight is 401 g/mol. The number of carbonyl (C=O) groups is 1. The van der Waals surface area contributed by atoms with Crippen LogP contribution in [0.4, 0.5) is 4.39 Å². The van der Waals surface area contributed by atoms with Gasteiger partial charge in [-0.3, -0.25) is 9.10 Å². The maximum Gasteiger partial charge on any atom is 0.344 e. The first-order valence-electron chi connectivity index (χ1n) is 8.72. The first kappa shape index (κ1) is 19.8. The van der Waals surface area contributed by atoms with Crippen molar-refractivity contribution in [2.45, 2.75) is 19.9 Å². The molecule has 2 aromatic carbocycles. The van der Waals surface area contributed by atoms with E-state index in [1.54, 1.807) is 12.1 Å². The molecule has 28 heavy (non-hydrogen) atoms. The molecule has 2 aromatic rings. The number of benzene rings is 2. The van der Waals surface area contributed by atoms with E-state index >= 15 is 0 Å². The predicted octanol–water partition coefficient (Wildman–Crippen LogP) is 2.59. The fourth-order valence-electron chi connectivity index (χ4n) is 2.75. The van der Waals surface area contributed by atoms with Gasteiger partial charge in [0.2, 0.25) is 0 Å². The van der Waals surface area contributed by atoms with Crippen LogP contribution in [0.5, 0.6) is 0 Å². The summed E-state index contributed by atoms with van der Waals surface area (Å²) in [7, 11) is -3.86. The predicted molar refractivity (Wildman–Crippen MR) is 105 cm³/mol. The molecule has 0 spiro atoms. The van der Waals surface area contributed by atoms with Gasteiger partial charge in [-0.1, -0.05) is 42.5 Å². The maximum absolute atomic E-state index is 13.0. The fourth-order valence-corrected chi connectivity index (χ4v) is 3.86. The Kier molecular flexibility index (Phi) is 5.89. The summed E-state index contributed by atoms with van der Waals surface area (Å²) in [5, 5.41) is 2.71. The third-order valence-electron chi connectivity index (χ3n) is 4.29. The molecule has 0 atom stereocenters. The van der Waals surface area contributed by atoms with Gasteiger partial charge >= 0.3 is 10.2 Å². The Labute approximate surface area is 163 Å². The van der Waals surface area contributed by atoms with Crippen LogP contribution >= 0.6 is 0 Å². The van der Waals surface area contributed by atoms with Crippen molar-refractivity contribution in [2.75, 3.05) is 6.54 Å². The number of amides is 1. The van der Waals surface area contributed by atoms with Gasteiger partial charge in [0.05, 0.1) is 11.3 Å². The molecular formula is C20H20FN3O3S. The molecule has 146 valence electrons. The first-order valence-corrected chi connectivity index (χ1v) is 10.1. The van der Waals surface area contributed by atoms with Crippen molar-refractivity contribution < 1.29 is 17.6 Å². The number of hydrogen-bond acceptors (Lipinski definition) is 3. The minimum absolute atomic E-state index is 0.132. The standard InChI is InChI=1S/C20H20FN3O3S/c1-15-19(20(25)22-13-17-7-9-18(21)10-8-17)14-24(28(26,27)23-15)12-11-16-5-3-2-4-6-16/h2-10,14H,11-13H2,1H3,(H,22,25).